The van der Waals surface area contributed by atoms with Gasteiger partial charge in [-0.2, -0.15) is 0 Å². The number of hydrogen-bond donors (Lipinski definition) is 1. The van der Waals surface area contributed by atoms with E-state index in [1.54, 1.807) is 18.0 Å². The second-order valence-corrected chi connectivity index (χ2v) is 4.80. The standard InChI is InChI=1S/C13H20N4O/c1-3-4-9-17(2)13(18)11-7-8-12(16-15-11)14-10-5-6-10/h7-8,10H,3-6,9H2,1-2H3,(H,14,16). The predicted octanol–water partition coefficient (Wildman–Crippen LogP) is 1.92. The first-order valence-electron chi connectivity index (χ1n) is 6.56. The summed E-state index contributed by atoms with van der Waals surface area (Å²) in [4.78, 5) is 13.7. The van der Waals surface area contributed by atoms with Gasteiger partial charge in [-0.25, -0.2) is 0 Å². The van der Waals surface area contributed by atoms with Crippen LogP contribution >= 0.6 is 0 Å². The highest BCUT2D eigenvalue weighted by atomic mass is 16.2. The number of nitrogens with zero attached hydrogens (tertiary/aromatic N) is 3. The molecule has 0 atom stereocenters. The van der Waals surface area contributed by atoms with E-state index in [2.05, 4.69) is 22.4 Å². The van der Waals surface area contributed by atoms with Crippen molar-refractivity contribution in [3.05, 3.63) is 17.8 Å². The summed E-state index contributed by atoms with van der Waals surface area (Å²) in [6, 6.07) is 4.11. The molecule has 1 aromatic rings. The molecule has 1 aromatic heterocycles. The van der Waals surface area contributed by atoms with Crippen LogP contribution in [0.3, 0.4) is 0 Å². The van der Waals surface area contributed by atoms with Gasteiger partial charge in [-0.15, -0.1) is 10.2 Å². The predicted molar refractivity (Wildman–Crippen MR) is 70.5 cm³/mol. The number of hydrogen-bond acceptors (Lipinski definition) is 4. The molecule has 18 heavy (non-hydrogen) atoms. The van der Waals surface area contributed by atoms with Gasteiger partial charge in [0.05, 0.1) is 0 Å². The number of carbonyl (C=O) groups excluding carboxylic acids is 1. The number of unbranched alkanes of at least 4 members (excludes halogenated alkanes) is 1. The van der Waals surface area contributed by atoms with Crippen LogP contribution in [-0.2, 0) is 0 Å². The Balaban J connectivity index is 1.92. The monoisotopic (exact) mass is 248 g/mol. The summed E-state index contributed by atoms with van der Waals surface area (Å²) < 4.78 is 0. The van der Waals surface area contributed by atoms with Gasteiger partial charge < -0.3 is 10.2 Å². The van der Waals surface area contributed by atoms with Crippen LogP contribution < -0.4 is 5.32 Å². The minimum absolute atomic E-state index is 0.0612. The van der Waals surface area contributed by atoms with Crippen LogP contribution in [-0.4, -0.2) is 40.6 Å². The normalized spacial score (nSPS) is 14.3. The number of nitrogens with one attached hydrogen (secondary N) is 1. The van der Waals surface area contributed by atoms with Crippen molar-refractivity contribution in [3.8, 4) is 0 Å². The minimum atomic E-state index is -0.0612. The van der Waals surface area contributed by atoms with Crippen LogP contribution in [0.25, 0.3) is 0 Å². The molecule has 5 nitrogen and oxygen atoms in total. The van der Waals surface area contributed by atoms with E-state index in [9.17, 15) is 4.79 Å². The van der Waals surface area contributed by atoms with Crippen LogP contribution in [0.1, 0.15) is 43.1 Å². The molecule has 1 N–H and O–H groups in total. The summed E-state index contributed by atoms with van der Waals surface area (Å²) in [5.74, 6) is 0.694. The van der Waals surface area contributed by atoms with E-state index in [1.807, 2.05) is 6.07 Å². The lowest BCUT2D eigenvalue weighted by Gasteiger charge is -2.15. The molecule has 1 amide bonds. The molecule has 0 radical (unpaired) electrons. The first-order valence-corrected chi connectivity index (χ1v) is 6.56. The molecular weight excluding hydrogens is 228 g/mol. The van der Waals surface area contributed by atoms with Gasteiger partial charge in [0.25, 0.3) is 5.91 Å². The number of rotatable bonds is 6. The summed E-state index contributed by atoms with van der Waals surface area (Å²) in [6.45, 7) is 2.87. The second-order valence-electron chi connectivity index (χ2n) is 4.80. The maximum Gasteiger partial charge on any atom is 0.274 e. The molecule has 1 heterocycles. The van der Waals surface area contributed by atoms with E-state index >= 15 is 0 Å². The zero-order valence-corrected chi connectivity index (χ0v) is 11.0. The van der Waals surface area contributed by atoms with Crippen molar-refractivity contribution >= 4 is 11.7 Å². The molecule has 1 aliphatic carbocycles. The van der Waals surface area contributed by atoms with Gasteiger partial charge in [-0.3, -0.25) is 4.79 Å². The first kappa shape index (κ1) is 12.8. The quantitative estimate of drug-likeness (QED) is 0.835. The zero-order valence-electron chi connectivity index (χ0n) is 11.0. The van der Waals surface area contributed by atoms with E-state index in [4.69, 9.17) is 0 Å². The average Bonchev–Trinajstić information content (AvgIpc) is 3.20. The minimum Gasteiger partial charge on any atom is -0.366 e. The average molecular weight is 248 g/mol. The van der Waals surface area contributed by atoms with Crippen LogP contribution in [0.4, 0.5) is 5.82 Å². The lowest BCUT2D eigenvalue weighted by atomic mass is 10.3. The topological polar surface area (TPSA) is 58.1 Å². The molecule has 0 bridgehead atoms. The Morgan fingerprint density at radius 2 is 2.22 bits per heavy atom. The van der Waals surface area contributed by atoms with Crippen molar-refractivity contribution in [2.75, 3.05) is 18.9 Å². The molecule has 0 aromatic carbocycles. The van der Waals surface area contributed by atoms with Crippen LogP contribution in [0.15, 0.2) is 12.1 Å². The number of anilines is 1. The Kier molecular flexibility index (Phi) is 4.12. The van der Waals surface area contributed by atoms with E-state index < -0.39 is 0 Å². The number of aromatic nitrogens is 2. The summed E-state index contributed by atoms with van der Waals surface area (Å²) in [5.41, 5.74) is 0.412. The van der Waals surface area contributed by atoms with E-state index in [0.29, 0.717) is 11.7 Å². The lowest BCUT2D eigenvalue weighted by Crippen LogP contribution is -2.28. The molecule has 0 unspecified atom stereocenters. The number of carbonyl (C=O) groups is 1. The van der Waals surface area contributed by atoms with Crippen LogP contribution in [0, 0.1) is 0 Å². The van der Waals surface area contributed by atoms with Crippen molar-refractivity contribution in [1.29, 1.82) is 0 Å². The fourth-order valence-electron chi connectivity index (χ4n) is 1.65. The van der Waals surface area contributed by atoms with E-state index in [0.717, 1.165) is 25.2 Å². The molecule has 98 valence electrons. The zero-order chi connectivity index (χ0) is 13.0. The molecule has 0 saturated heterocycles. The van der Waals surface area contributed by atoms with Crippen LogP contribution in [0.5, 0.6) is 0 Å². The third-order valence-corrected chi connectivity index (χ3v) is 3.01. The molecule has 1 aliphatic rings. The second kappa shape index (κ2) is 5.80. The summed E-state index contributed by atoms with van der Waals surface area (Å²) in [7, 11) is 1.80. The Morgan fingerprint density at radius 1 is 1.44 bits per heavy atom. The maximum atomic E-state index is 12.0. The Labute approximate surface area is 108 Å². The first-order chi connectivity index (χ1) is 8.70. The lowest BCUT2D eigenvalue weighted by molar-refractivity contribution is 0.0786. The van der Waals surface area contributed by atoms with Gasteiger partial charge >= 0.3 is 0 Å². The molecule has 5 heteroatoms. The van der Waals surface area contributed by atoms with Gasteiger partial charge in [0.15, 0.2) is 5.69 Å². The Bertz CT molecular complexity index is 400. The van der Waals surface area contributed by atoms with Crippen molar-refractivity contribution < 1.29 is 4.79 Å². The Hall–Kier alpha value is -1.65. The molecule has 1 saturated carbocycles. The van der Waals surface area contributed by atoms with Crippen molar-refractivity contribution in [3.63, 3.8) is 0 Å². The Morgan fingerprint density at radius 3 is 2.78 bits per heavy atom. The third-order valence-electron chi connectivity index (χ3n) is 3.01. The SMILES string of the molecule is CCCCN(C)C(=O)c1ccc(NC2CC2)nn1. The van der Waals surface area contributed by atoms with Gasteiger partial charge in [-0.1, -0.05) is 13.3 Å². The largest absolute Gasteiger partial charge is 0.366 e. The van der Waals surface area contributed by atoms with Crippen molar-refractivity contribution in [2.24, 2.45) is 0 Å². The summed E-state index contributed by atoms with van der Waals surface area (Å²) in [6.07, 6.45) is 4.48. The molecule has 1 fully saturated rings. The highest BCUT2D eigenvalue weighted by molar-refractivity contribution is 5.92. The van der Waals surface area contributed by atoms with E-state index in [-0.39, 0.29) is 5.91 Å². The fourth-order valence-corrected chi connectivity index (χ4v) is 1.65. The highest BCUT2D eigenvalue weighted by Crippen LogP contribution is 2.23. The summed E-state index contributed by atoms with van der Waals surface area (Å²) in [5, 5.41) is 11.3. The molecule has 0 spiro atoms. The van der Waals surface area contributed by atoms with Gasteiger partial charge in [0.2, 0.25) is 0 Å². The van der Waals surface area contributed by atoms with Crippen LogP contribution in [0.2, 0.25) is 0 Å². The fraction of sp³-hybridized carbons (Fsp3) is 0.615. The summed E-state index contributed by atoms with van der Waals surface area (Å²) >= 11 is 0. The van der Waals surface area contributed by atoms with Gasteiger partial charge in [0.1, 0.15) is 5.82 Å². The molecular formula is C13H20N4O. The van der Waals surface area contributed by atoms with E-state index in [1.165, 1.54) is 12.8 Å². The molecule has 2 rings (SSSR count). The number of amides is 1. The highest BCUT2D eigenvalue weighted by Gasteiger charge is 2.21. The van der Waals surface area contributed by atoms with Crippen molar-refractivity contribution in [1.82, 2.24) is 15.1 Å². The van der Waals surface area contributed by atoms with Crippen molar-refractivity contribution in [2.45, 2.75) is 38.6 Å². The third kappa shape index (κ3) is 3.42. The van der Waals surface area contributed by atoms with Gasteiger partial charge in [-0.05, 0) is 31.4 Å². The maximum absolute atomic E-state index is 12.0. The smallest absolute Gasteiger partial charge is 0.274 e. The molecule has 0 aliphatic heterocycles. The van der Waals surface area contributed by atoms with Gasteiger partial charge in [0, 0.05) is 19.6 Å².